The topological polar surface area (TPSA) is 12.5 Å². The Kier molecular flexibility index (Phi) is 2.99. The van der Waals surface area contributed by atoms with Crippen molar-refractivity contribution in [2.24, 2.45) is 17.8 Å². The minimum absolute atomic E-state index is 0.428. The van der Waals surface area contributed by atoms with Gasteiger partial charge in [-0.15, -0.1) is 0 Å². The van der Waals surface area contributed by atoms with Crippen LogP contribution in [0.2, 0.25) is 0 Å². The summed E-state index contributed by atoms with van der Waals surface area (Å²) in [5.74, 6) is 2.86. The van der Waals surface area contributed by atoms with Crippen LogP contribution in [0.4, 0.5) is 0 Å². The monoisotopic (exact) mass is 237 g/mol. The molecule has 3 unspecified atom stereocenters. The number of fused-ring (bicyclic) bond motifs is 2. The molecule has 2 aliphatic heterocycles. The molecule has 0 aromatic heterocycles. The van der Waals surface area contributed by atoms with E-state index in [1.165, 1.54) is 32.2 Å². The second-order valence-corrected chi connectivity index (χ2v) is 6.96. The molecule has 3 rings (SSSR count). The van der Waals surface area contributed by atoms with E-state index >= 15 is 0 Å². The van der Waals surface area contributed by atoms with Gasteiger partial charge in [-0.3, -0.25) is 4.90 Å². The molecule has 98 valence electrons. The van der Waals surface area contributed by atoms with E-state index in [0.29, 0.717) is 11.6 Å². The van der Waals surface area contributed by atoms with Gasteiger partial charge in [0.25, 0.3) is 0 Å². The van der Waals surface area contributed by atoms with E-state index in [0.717, 1.165) is 31.0 Å². The van der Waals surface area contributed by atoms with Crippen molar-refractivity contribution in [2.45, 2.75) is 58.0 Å². The number of likely N-dealkylation sites (tertiary alicyclic amines) is 1. The third kappa shape index (κ3) is 1.76. The third-order valence-corrected chi connectivity index (χ3v) is 5.57. The van der Waals surface area contributed by atoms with Gasteiger partial charge in [0.1, 0.15) is 0 Å². The number of nitrogens with zero attached hydrogens (tertiary/aromatic N) is 1. The summed E-state index contributed by atoms with van der Waals surface area (Å²) in [5.41, 5.74) is 0.428. The van der Waals surface area contributed by atoms with Crippen LogP contribution in [0.3, 0.4) is 0 Å². The van der Waals surface area contributed by atoms with Gasteiger partial charge in [-0.05, 0) is 57.4 Å². The first-order valence-corrected chi connectivity index (χ1v) is 7.48. The first-order valence-electron chi connectivity index (χ1n) is 7.48. The zero-order valence-corrected chi connectivity index (χ0v) is 11.6. The lowest BCUT2D eigenvalue weighted by molar-refractivity contribution is -0.214. The van der Waals surface area contributed by atoms with Gasteiger partial charge in [0, 0.05) is 6.04 Å². The van der Waals surface area contributed by atoms with Crippen molar-refractivity contribution in [3.8, 4) is 0 Å². The van der Waals surface area contributed by atoms with Crippen LogP contribution < -0.4 is 0 Å². The zero-order valence-electron chi connectivity index (χ0n) is 11.6. The van der Waals surface area contributed by atoms with E-state index < -0.39 is 0 Å². The number of piperidine rings is 1. The fraction of sp³-hybridized carbons (Fsp3) is 1.00. The van der Waals surface area contributed by atoms with Crippen molar-refractivity contribution in [2.75, 3.05) is 19.8 Å². The average molecular weight is 237 g/mol. The van der Waals surface area contributed by atoms with Crippen LogP contribution in [0.15, 0.2) is 0 Å². The Labute approximate surface area is 106 Å². The SMILES string of the molecule is CC1CCC2C(CCN(C(C)C)C23COC3)C1. The Morgan fingerprint density at radius 3 is 2.53 bits per heavy atom. The highest BCUT2D eigenvalue weighted by molar-refractivity contribution is 5.08. The zero-order chi connectivity index (χ0) is 12.0. The molecule has 3 atom stereocenters. The molecule has 0 amide bonds. The average Bonchev–Trinajstić information content (AvgIpc) is 2.24. The van der Waals surface area contributed by atoms with Gasteiger partial charge < -0.3 is 4.74 Å². The molecule has 3 aliphatic rings. The third-order valence-electron chi connectivity index (χ3n) is 5.57. The summed E-state index contributed by atoms with van der Waals surface area (Å²) in [6.07, 6.45) is 5.78. The molecule has 17 heavy (non-hydrogen) atoms. The quantitative estimate of drug-likeness (QED) is 0.695. The number of hydrogen-bond acceptors (Lipinski definition) is 2. The molecule has 1 spiro atoms. The van der Waals surface area contributed by atoms with Crippen LogP contribution in [0, 0.1) is 17.8 Å². The van der Waals surface area contributed by atoms with Gasteiger partial charge in [0.2, 0.25) is 0 Å². The second kappa shape index (κ2) is 4.24. The lowest BCUT2D eigenvalue weighted by Crippen LogP contribution is -2.72. The standard InChI is InChI=1S/C15H27NO/c1-11(2)16-7-6-13-8-12(3)4-5-14(13)15(16)9-17-10-15/h11-14H,4-10H2,1-3H3. The molecule has 2 saturated heterocycles. The maximum absolute atomic E-state index is 5.63. The lowest BCUT2D eigenvalue weighted by atomic mass is 9.61. The highest BCUT2D eigenvalue weighted by Crippen LogP contribution is 2.50. The number of hydrogen-bond donors (Lipinski definition) is 0. The summed E-state index contributed by atoms with van der Waals surface area (Å²) in [5, 5.41) is 0. The molecule has 2 nitrogen and oxygen atoms in total. The minimum atomic E-state index is 0.428. The minimum Gasteiger partial charge on any atom is -0.377 e. The molecule has 2 heterocycles. The first-order chi connectivity index (χ1) is 8.13. The van der Waals surface area contributed by atoms with Crippen LogP contribution in [-0.2, 0) is 4.74 Å². The van der Waals surface area contributed by atoms with Crippen molar-refractivity contribution in [1.29, 1.82) is 0 Å². The Bertz CT molecular complexity index is 285. The molecule has 0 N–H and O–H groups in total. The molecule has 1 saturated carbocycles. The molecule has 0 aromatic carbocycles. The van der Waals surface area contributed by atoms with Crippen molar-refractivity contribution in [1.82, 2.24) is 4.90 Å². The van der Waals surface area contributed by atoms with Gasteiger partial charge >= 0.3 is 0 Å². The fourth-order valence-electron chi connectivity index (χ4n) is 4.73. The molecular weight excluding hydrogens is 210 g/mol. The number of ether oxygens (including phenoxy) is 1. The number of rotatable bonds is 1. The Morgan fingerprint density at radius 1 is 1.18 bits per heavy atom. The van der Waals surface area contributed by atoms with Gasteiger partial charge in [0.15, 0.2) is 0 Å². The van der Waals surface area contributed by atoms with Gasteiger partial charge in [0.05, 0.1) is 18.8 Å². The smallest absolute Gasteiger partial charge is 0.0711 e. The van der Waals surface area contributed by atoms with Crippen LogP contribution >= 0.6 is 0 Å². The van der Waals surface area contributed by atoms with Crippen molar-refractivity contribution >= 4 is 0 Å². The van der Waals surface area contributed by atoms with Gasteiger partial charge in [-0.2, -0.15) is 0 Å². The van der Waals surface area contributed by atoms with Crippen molar-refractivity contribution in [3.63, 3.8) is 0 Å². The van der Waals surface area contributed by atoms with E-state index in [1.54, 1.807) is 0 Å². The summed E-state index contributed by atoms with van der Waals surface area (Å²) in [6, 6.07) is 0.680. The van der Waals surface area contributed by atoms with Crippen LogP contribution in [-0.4, -0.2) is 36.2 Å². The largest absolute Gasteiger partial charge is 0.377 e. The summed E-state index contributed by atoms with van der Waals surface area (Å²) in [6.45, 7) is 10.4. The van der Waals surface area contributed by atoms with E-state index in [4.69, 9.17) is 4.74 Å². The van der Waals surface area contributed by atoms with Crippen molar-refractivity contribution < 1.29 is 4.74 Å². The Hall–Kier alpha value is -0.0800. The molecule has 0 aromatic rings. The van der Waals surface area contributed by atoms with Crippen molar-refractivity contribution in [3.05, 3.63) is 0 Å². The maximum Gasteiger partial charge on any atom is 0.0711 e. The van der Waals surface area contributed by atoms with E-state index in [9.17, 15) is 0 Å². The first kappa shape index (κ1) is 12.0. The summed E-state index contributed by atoms with van der Waals surface area (Å²) in [7, 11) is 0. The second-order valence-electron chi connectivity index (χ2n) is 6.96. The Balaban J connectivity index is 1.83. The molecule has 3 fully saturated rings. The van der Waals surface area contributed by atoms with E-state index in [2.05, 4.69) is 25.7 Å². The van der Waals surface area contributed by atoms with Crippen LogP contribution in [0.5, 0.6) is 0 Å². The highest BCUT2D eigenvalue weighted by Gasteiger charge is 2.56. The van der Waals surface area contributed by atoms with Crippen LogP contribution in [0.1, 0.15) is 46.5 Å². The van der Waals surface area contributed by atoms with Crippen LogP contribution in [0.25, 0.3) is 0 Å². The van der Waals surface area contributed by atoms with Gasteiger partial charge in [-0.1, -0.05) is 13.3 Å². The molecule has 1 aliphatic carbocycles. The summed E-state index contributed by atoms with van der Waals surface area (Å²) in [4.78, 5) is 2.76. The van der Waals surface area contributed by atoms with E-state index in [-0.39, 0.29) is 0 Å². The summed E-state index contributed by atoms with van der Waals surface area (Å²) < 4.78 is 5.63. The molecular formula is C15H27NO. The fourth-order valence-corrected chi connectivity index (χ4v) is 4.73. The van der Waals surface area contributed by atoms with E-state index in [1.807, 2.05) is 0 Å². The highest BCUT2D eigenvalue weighted by atomic mass is 16.5. The maximum atomic E-state index is 5.63. The normalized spacial score (nSPS) is 41.3. The predicted octanol–water partition coefficient (Wildman–Crippen LogP) is 2.92. The molecule has 2 heteroatoms. The summed E-state index contributed by atoms with van der Waals surface area (Å²) >= 11 is 0. The molecule has 0 radical (unpaired) electrons. The molecule has 0 bridgehead atoms. The van der Waals surface area contributed by atoms with Gasteiger partial charge in [-0.25, -0.2) is 0 Å². The predicted molar refractivity (Wildman–Crippen MR) is 70.0 cm³/mol. The lowest BCUT2D eigenvalue weighted by Gasteiger charge is -2.62. The Morgan fingerprint density at radius 2 is 1.94 bits per heavy atom.